The molecule has 0 unspecified atom stereocenters. The smallest absolute Gasteiger partial charge is 0.325 e. The van der Waals surface area contributed by atoms with Gasteiger partial charge in [-0.05, 0) is 45.2 Å². The Bertz CT molecular complexity index is 893. The summed E-state index contributed by atoms with van der Waals surface area (Å²) in [6, 6.07) is 5.05. The van der Waals surface area contributed by atoms with Gasteiger partial charge in [0.15, 0.2) is 5.78 Å². The van der Waals surface area contributed by atoms with Gasteiger partial charge in [0.25, 0.3) is 5.91 Å². The zero-order valence-corrected chi connectivity index (χ0v) is 17.4. The highest BCUT2D eigenvalue weighted by Crippen LogP contribution is 2.47. The molecule has 1 spiro atoms. The molecule has 1 aromatic rings. The lowest BCUT2D eigenvalue weighted by Crippen LogP contribution is -2.48. The van der Waals surface area contributed by atoms with Gasteiger partial charge in [-0.1, -0.05) is 23.7 Å². The molecular weight excluding hydrogens is 398 g/mol. The summed E-state index contributed by atoms with van der Waals surface area (Å²) < 4.78 is 10.6. The molecule has 29 heavy (non-hydrogen) atoms. The van der Waals surface area contributed by atoms with Crippen molar-refractivity contribution in [3.05, 3.63) is 39.9 Å². The highest BCUT2D eigenvalue weighted by atomic mass is 35.5. The molecule has 0 bridgehead atoms. The molecule has 156 valence electrons. The molecule has 0 radical (unpaired) electrons. The van der Waals surface area contributed by atoms with Crippen LogP contribution in [0.1, 0.15) is 44.7 Å². The highest BCUT2D eigenvalue weighted by Gasteiger charge is 2.50. The normalized spacial score (nSPS) is 18.4. The molecule has 8 heteroatoms. The Kier molecular flexibility index (Phi) is 5.74. The molecule has 7 nitrogen and oxygen atoms in total. The van der Waals surface area contributed by atoms with Gasteiger partial charge in [0.05, 0.1) is 10.4 Å². The summed E-state index contributed by atoms with van der Waals surface area (Å²) in [6.45, 7) is 5.40. The Labute approximate surface area is 174 Å². The van der Waals surface area contributed by atoms with Crippen molar-refractivity contribution in [3.63, 3.8) is 0 Å². The maximum absolute atomic E-state index is 13.4. The number of fused-ring (bicyclic) bond motifs is 2. The Hall–Kier alpha value is -2.38. The van der Waals surface area contributed by atoms with E-state index >= 15 is 0 Å². The summed E-state index contributed by atoms with van der Waals surface area (Å²) in [5, 5.41) is 13.4. The number of ether oxygens (including phenoxy) is 2. The quantitative estimate of drug-likeness (QED) is 0.574. The number of hydrogen-bond donors (Lipinski definition) is 2. The van der Waals surface area contributed by atoms with E-state index in [1.807, 2.05) is 0 Å². The number of nitrogens with one attached hydrogen (secondary N) is 1. The topological polar surface area (TPSA) is 102 Å². The zero-order valence-electron chi connectivity index (χ0n) is 16.6. The first-order chi connectivity index (χ1) is 13.6. The number of aliphatic hydroxyl groups excluding tert-OH is 1. The fourth-order valence-corrected chi connectivity index (χ4v) is 4.07. The second kappa shape index (κ2) is 7.80. The van der Waals surface area contributed by atoms with Crippen molar-refractivity contribution in [1.29, 1.82) is 0 Å². The van der Waals surface area contributed by atoms with Crippen LogP contribution in [0.5, 0.6) is 0 Å². The van der Waals surface area contributed by atoms with Crippen LogP contribution in [0.25, 0.3) is 5.76 Å². The highest BCUT2D eigenvalue weighted by molar-refractivity contribution is 6.35. The van der Waals surface area contributed by atoms with E-state index in [9.17, 15) is 19.5 Å². The molecule has 1 amide bonds. The molecule has 0 saturated carbocycles. The maximum atomic E-state index is 13.4. The third-order valence-electron chi connectivity index (χ3n) is 5.05. The average Bonchev–Trinajstić information content (AvgIpc) is 2.64. The molecule has 1 aliphatic heterocycles. The van der Waals surface area contributed by atoms with Crippen molar-refractivity contribution in [3.8, 4) is 0 Å². The molecule has 1 saturated heterocycles. The minimum atomic E-state index is -0.997. The van der Waals surface area contributed by atoms with Crippen LogP contribution >= 0.6 is 11.6 Å². The van der Waals surface area contributed by atoms with Crippen molar-refractivity contribution in [2.24, 2.45) is 0 Å². The van der Waals surface area contributed by atoms with E-state index < -0.39 is 46.6 Å². The minimum absolute atomic E-state index is 0.246. The molecule has 1 fully saturated rings. The first kappa shape index (κ1) is 21.3. The van der Waals surface area contributed by atoms with E-state index in [-0.39, 0.29) is 10.6 Å². The number of aliphatic hydroxyl groups is 1. The predicted molar refractivity (Wildman–Crippen MR) is 107 cm³/mol. The van der Waals surface area contributed by atoms with Crippen molar-refractivity contribution < 1.29 is 29.0 Å². The second-order valence-electron chi connectivity index (χ2n) is 8.18. The monoisotopic (exact) mass is 421 g/mol. The number of carbonyl (C=O) groups excluding carboxylic acids is 3. The first-order valence-electron chi connectivity index (χ1n) is 9.42. The lowest BCUT2D eigenvalue weighted by Gasteiger charge is -2.40. The largest absolute Gasteiger partial charge is 0.506 e. The maximum Gasteiger partial charge on any atom is 0.325 e. The second-order valence-corrected chi connectivity index (χ2v) is 8.59. The van der Waals surface area contributed by atoms with Crippen LogP contribution in [-0.4, -0.2) is 48.1 Å². The van der Waals surface area contributed by atoms with E-state index in [0.29, 0.717) is 31.6 Å². The number of hydrogen-bond acceptors (Lipinski definition) is 6. The summed E-state index contributed by atoms with van der Waals surface area (Å²) in [5.41, 5.74) is -1.22. The number of esters is 1. The molecule has 1 aromatic carbocycles. The number of amides is 1. The number of halogens is 1. The van der Waals surface area contributed by atoms with Crippen LogP contribution in [0.4, 0.5) is 0 Å². The van der Waals surface area contributed by atoms with Gasteiger partial charge in [-0.15, -0.1) is 0 Å². The Morgan fingerprint density at radius 3 is 2.55 bits per heavy atom. The third kappa shape index (κ3) is 4.02. The van der Waals surface area contributed by atoms with Gasteiger partial charge in [0.2, 0.25) is 0 Å². The van der Waals surface area contributed by atoms with Gasteiger partial charge in [-0.2, -0.15) is 0 Å². The van der Waals surface area contributed by atoms with Crippen molar-refractivity contribution >= 4 is 35.0 Å². The lowest BCUT2D eigenvalue weighted by atomic mass is 9.64. The summed E-state index contributed by atoms with van der Waals surface area (Å²) >= 11 is 6.31. The van der Waals surface area contributed by atoms with Crippen molar-refractivity contribution in [2.45, 2.75) is 44.6 Å². The number of ketones is 1. The number of carbonyl (C=O) groups is 3. The van der Waals surface area contributed by atoms with Crippen LogP contribution in [0.2, 0.25) is 5.02 Å². The Morgan fingerprint density at radius 2 is 1.93 bits per heavy atom. The number of Topliss-reactive ketones (excluding diaryl/α,β-unsaturated/α-hetero) is 1. The molecule has 0 aromatic heterocycles. The summed E-state index contributed by atoms with van der Waals surface area (Å²) in [5.74, 6) is -2.45. The van der Waals surface area contributed by atoms with Crippen LogP contribution in [0.3, 0.4) is 0 Å². The van der Waals surface area contributed by atoms with E-state index in [2.05, 4.69) is 5.32 Å². The lowest BCUT2D eigenvalue weighted by molar-refractivity contribution is -0.154. The standard InChI is InChI=1S/C21H24ClNO6/c1-20(2,3)29-14(24)11-23-19(27)16-17(25)15-12(5-4-6-13(15)22)21(18(16)26)7-9-28-10-8-21/h4-6,25H,7-11H2,1-3H3,(H,23,27). The molecule has 0 atom stereocenters. The molecule has 1 heterocycles. The molecule has 3 rings (SSSR count). The summed E-state index contributed by atoms with van der Waals surface area (Å²) in [4.78, 5) is 38.1. The SMILES string of the molecule is CC(C)(C)OC(=O)CNC(=O)C1=C(O)c2c(Cl)cccc2C2(CCOCC2)C1=O. The average molecular weight is 422 g/mol. The molecule has 2 N–H and O–H groups in total. The Morgan fingerprint density at radius 1 is 1.28 bits per heavy atom. The van der Waals surface area contributed by atoms with Crippen LogP contribution in [0.15, 0.2) is 23.8 Å². The first-order valence-corrected chi connectivity index (χ1v) is 9.80. The number of rotatable bonds is 3. The predicted octanol–water partition coefficient (Wildman–Crippen LogP) is 2.70. The van der Waals surface area contributed by atoms with Gasteiger partial charge in [-0.3, -0.25) is 14.4 Å². The van der Waals surface area contributed by atoms with Gasteiger partial charge >= 0.3 is 5.97 Å². The molecule has 1 aliphatic carbocycles. The van der Waals surface area contributed by atoms with Gasteiger partial charge < -0.3 is 19.9 Å². The minimum Gasteiger partial charge on any atom is -0.506 e. The van der Waals surface area contributed by atoms with E-state index in [0.717, 1.165) is 0 Å². The van der Waals surface area contributed by atoms with Crippen LogP contribution in [0, 0.1) is 0 Å². The molecule has 2 aliphatic rings. The summed E-state index contributed by atoms with van der Waals surface area (Å²) in [7, 11) is 0. The van der Waals surface area contributed by atoms with Crippen LogP contribution < -0.4 is 5.32 Å². The third-order valence-corrected chi connectivity index (χ3v) is 5.37. The molecular formula is C21H24ClNO6. The van der Waals surface area contributed by atoms with Gasteiger partial charge in [0, 0.05) is 18.8 Å². The van der Waals surface area contributed by atoms with E-state index in [1.165, 1.54) is 0 Å². The van der Waals surface area contributed by atoms with Gasteiger partial charge in [-0.25, -0.2) is 0 Å². The van der Waals surface area contributed by atoms with Crippen LogP contribution in [-0.2, 0) is 29.3 Å². The Balaban J connectivity index is 1.96. The van der Waals surface area contributed by atoms with Crippen molar-refractivity contribution in [2.75, 3.05) is 19.8 Å². The zero-order chi connectivity index (χ0) is 21.4. The number of benzene rings is 1. The van der Waals surface area contributed by atoms with Crippen molar-refractivity contribution in [1.82, 2.24) is 5.32 Å². The fourth-order valence-electron chi connectivity index (χ4n) is 3.80. The summed E-state index contributed by atoms with van der Waals surface area (Å²) in [6.07, 6.45) is 0.741. The fraction of sp³-hybridized carbons (Fsp3) is 0.476. The van der Waals surface area contributed by atoms with Gasteiger partial charge in [0.1, 0.15) is 23.5 Å². The van der Waals surface area contributed by atoms with E-state index in [1.54, 1.807) is 39.0 Å². The van der Waals surface area contributed by atoms with E-state index in [4.69, 9.17) is 21.1 Å².